The van der Waals surface area contributed by atoms with Crippen molar-refractivity contribution in [3.63, 3.8) is 0 Å². The molecule has 0 spiro atoms. The Labute approximate surface area is 132 Å². The standard InChI is InChI=1S/C13H15N3O4S2/c1-9-4-5-10(2)13(12(9)16(17)18)22(19,20)15(3)6-11-7-21-8-14-11/h4-5,7-8H,6H2,1-3H3. The predicted octanol–water partition coefficient (Wildman–Crippen LogP) is 2.49. The topological polar surface area (TPSA) is 93.4 Å². The van der Waals surface area contributed by atoms with Gasteiger partial charge in [0.15, 0.2) is 4.90 Å². The number of nitro benzene ring substituents is 1. The van der Waals surface area contributed by atoms with Crippen LogP contribution in [0.25, 0.3) is 0 Å². The lowest BCUT2D eigenvalue weighted by molar-refractivity contribution is -0.388. The van der Waals surface area contributed by atoms with E-state index in [0.717, 1.165) is 4.31 Å². The maximum absolute atomic E-state index is 12.8. The highest BCUT2D eigenvalue weighted by molar-refractivity contribution is 7.89. The Morgan fingerprint density at radius 3 is 2.50 bits per heavy atom. The number of sulfonamides is 1. The van der Waals surface area contributed by atoms with Crippen LogP contribution < -0.4 is 0 Å². The van der Waals surface area contributed by atoms with Crippen LogP contribution in [0.1, 0.15) is 16.8 Å². The lowest BCUT2D eigenvalue weighted by Gasteiger charge is -2.18. The van der Waals surface area contributed by atoms with Gasteiger partial charge in [-0.2, -0.15) is 4.31 Å². The van der Waals surface area contributed by atoms with Gasteiger partial charge >= 0.3 is 0 Å². The summed E-state index contributed by atoms with van der Waals surface area (Å²) >= 11 is 1.36. The molecule has 2 rings (SSSR count). The highest BCUT2D eigenvalue weighted by Crippen LogP contribution is 2.32. The average molecular weight is 341 g/mol. The molecule has 0 saturated carbocycles. The number of aromatic nitrogens is 1. The van der Waals surface area contributed by atoms with Gasteiger partial charge in [-0.15, -0.1) is 11.3 Å². The van der Waals surface area contributed by atoms with Gasteiger partial charge in [0.05, 0.1) is 22.7 Å². The van der Waals surface area contributed by atoms with Crippen LogP contribution in [0.3, 0.4) is 0 Å². The fourth-order valence-corrected chi connectivity index (χ4v) is 4.23. The average Bonchev–Trinajstić information content (AvgIpc) is 2.93. The monoisotopic (exact) mass is 341 g/mol. The third kappa shape index (κ3) is 3.01. The molecule has 0 aliphatic carbocycles. The molecule has 0 fully saturated rings. The van der Waals surface area contributed by atoms with Crippen LogP contribution in [-0.4, -0.2) is 29.7 Å². The molecule has 1 aromatic carbocycles. The molecule has 0 aliphatic heterocycles. The summed E-state index contributed by atoms with van der Waals surface area (Å²) < 4.78 is 26.6. The molecule has 118 valence electrons. The normalized spacial score (nSPS) is 11.8. The number of benzene rings is 1. The van der Waals surface area contributed by atoms with Crippen molar-refractivity contribution in [3.05, 3.63) is 50.0 Å². The lowest BCUT2D eigenvalue weighted by atomic mass is 10.1. The minimum Gasteiger partial charge on any atom is -0.258 e. The molecule has 1 aromatic heterocycles. The second-order valence-corrected chi connectivity index (χ2v) is 7.58. The Morgan fingerprint density at radius 1 is 1.32 bits per heavy atom. The molecule has 0 saturated heterocycles. The number of hydrogen-bond acceptors (Lipinski definition) is 6. The van der Waals surface area contributed by atoms with E-state index in [4.69, 9.17) is 0 Å². The van der Waals surface area contributed by atoms with Crippen LogP contribution in [-0.2, 0) is 16.6 Å². The van der Waals surface area contributed by atoms with Gasteiger partial charge in [-0.25, -0.2) is 13.4 Å². The SMILES string of the molecule is Cc1ccc(C)c(S(=O)(=O)N(C)Cc2cscn2)c1[N+](=O)[O-]. The van der Waals surface area contributed by atoms with Gasteiger partial charge in [-0.1, -0.05) is 12.1 Å². The van der Waals surface area contributed by atoms with E-state index in [-0.39, 0.29) is 17.1 Å². The van der Waals surface area contributed by atoms with Crippen LogP contribution in [0.15, 0.2) is 27.9 Å². The van der Waals surface area contributed by atoms with Gasteiger partial charge in [-0.3, -0.25) is 10.1 Å². The second-order valence-electron chi connectivity index (χ2n) is 4.88. The second kappa shape index (κ2) is 6.11. The number of aryl methyl sites for hydroxylation is 2. The minimum atomic E-state index is -3.99. The minimum absolute atomic E-state index is 0.0658. The molecule has 0 atom stereocenters. The predicted molar refractivity (Wildman–Crippen MR) is 83.3 cm³/mol. The third-order valence-corrected chi connectivity index (χ3v) is 5.87. The van der Waals surface area contributed by atoms with Crippen molar-refractivity contribution in [2.75, 3.05) is 7.05 Å². The molecule has 7 nitrogen and oxygen atoms in total. The maximum Gasteiger partial charge on any atom is 0.292 e. The largest absolute Gasteiger partial charge is 0.292 e. The lowest BCUT2D eigenvalue weighted by Crippen LogP contribution is -2.28. The van der Waals surface area contributed by atoms with Crippen molar-refractivity contribution in [2.45, 2.75) is 25.3 Å². The number of nitrogens with zero attached hydrogens (tertiary/aromatic N) is 3. The first-order valence-corrected chi connectivity index (χ1v) is 8.71. The summed E-state index contributed by atoms with van der Waals surface area (Å²) in [6, 6.07) is 3.12. The van der Waals surface area contributed by atoms with Gasteiger partial charge in [0.2, 0.25) is 10.0 Å². The number of rotatable bonds is 5. The highest BCUT2D eigenvalue weighted by atomic mass is 32.2. The molecule has 0 bridgehead atoms. The Kier molecular flexibility index (Phi) is 4.59. The molecule has 9 heteroatoms. The van der Waals surface area contributed by atoms with Gasteiger partial charge in [0, 0.05) is 18.0 Å². The fraction of sp³-hybridized carbons (Fsp3) is 0.308. The van der Waals surface area contributed by atoms with Gasteiger partial charge < -0.3 is 0 Å². The first kappa shape index (κ1) is 16.5. The number of thiazole rings is 1. The molecule has 2 aromatic rings. The van der Waals surface area contributed by atoms with Crippen LogP contribution in [0, 0.1) is 24.0 Å². The zero-order valence-corrected chi connectivity index (χ0v) is 13.9. The van der Waals surface area contributed by atoms with E-state index in [1.807, 2.05) is 0 Å². The molecule has 0 N–H and O–H groups in total. The summed E-state index contributed by atoms with van der Waals surface area (Å²) in [6.07, 6.45) is 0. The van der Waals surface area contributed by atoms with Gasteiger partial charge in [0.1, 0.15) is 0 Å². The summed E-state index contributed by atoms with van der Waals surface area (Å²) in [5, 5.41) is 13.0. The molecule has 0 amide bonds. The van der Waals surface area contributed by atoms with Crippen molar-refractivity contribution < 1.29 is 13.3 Å². The smallest absolute Gasteiger partial charge is 0.258 e. The maximum atomic E-state index is 12.8. The van der Waals surface area contributed by atoms with E-state index >= 15 is 0 Å². The first-order valence-electron chi connectivity index (χ1n) is 6.33. The Bertz CT molecular complexity index is 801. The number of nitro groups is 1. The van der Waals surface area contributed by atoms with Gasteiger partial charge in [0.25, 0.3) is 5.69 Å². The highest BCUT2D eigenvalue weighted by Gasteiger charge is 2.33. The molecule has 0 aliphatic rings. The van der Waals surface area contributed by atoms with Crippen molar-refractivity contribution >= 4 is 27.0 Å². The van der Waals surface area contributed by atoms with E-state index in [0.29, 0.717) is 16.8 Å². The van der Waals surface area contributed by atoms with E-state index in [1.165, 1.54) is 25.3 Å². The summed E-state index contributed by atoms with van der Waals surface area (Å²) in [6.45, 7) is 3.14. The molecule has 22 heavy (non-hydrogen) atoms. The van der Waals surface area contributed by atoms with Crippen LogP contribution >= 0.6 is 11.3 Å². The summed E-state index contributed by atoms with van der Waals surface area (Å²) in [4.78, 5) is 14.4. The molecular formula is C13H15N3O4S2. The van der Waals surface area contributed by atoms with Crippen molar-refractivity contribution in [3.8, 4) is 0 Å². The van der Waals surface area contributed by atoms with Crippen molar-refractivity contribution in [2.24, 2.45) is 0 Å². The Morgan fingerprint density at radius 2 is 1.95 bits per heavy atom. The Hall–Kier alpha value is -1.84. The zero-order chi connectivity index (χ0) is 16.5. The quantitative estimate of drug-likeness (QED) is 0.615. The van der Waals surface area contributed by atoms with Crippen LogP contribution in [0.2, 0.25) is 0 Å². The van der Waals surface area contributed by atoms with Crippen LogP contribution in [0.4, 0.5) is 5.69 Å². The summed E-state index contributed by atoms with van der Waals surface area (Å²) in [5.41, 5.74) is 2.50. The van der Waals surface area contributed by atoms with Crippen molar-refractivity contribution in [1.29, 1.82) is 0 Å². The van der Waals surface area contributed by atoms with E-state index in [9.17, 15) is 18.5 Å². The van der Waals surface area contributed by atoms with E-state index in [1.54, 1.807) is 29.9 Å². The van der Waals surface area contributed by atoms with E-state index < -0.39 is 14.9 Å². The summed E-state index contributed by atoms with van der Waals surface area (Å²) in [5.74, 6) is 0. The van der Waals surface area contributed by atoms with E-state index in [2.05, 4.69) is 4.98 Å². The zero-order valence-electron chi connectivity index (χ0n) is 12.3. The van der Waals surface area contributed by atoms with Crippen LogP contribution in [0.5, 0.6) is 0 Å². The Balaban J connectivity index is 2.54. The third-order valence-electron chi connectivity index (χ3n) is 3.25. The van der Waals surface area contributed by atoms with Gasteiger partial charge in [-0.05, 0) is 19.4 Å². The fourth-order valence-electron chi connectivity index (χ4n) is 2.11. The molecule has 0 radical (unpaired) electrons. The summed E-state index contributed by atoms with van der Waals surface area (Å²) in [7, 11) is -2.60. The van der Waals surface area contributed by atoms with Crippen molar-refractivity contribution in [1.82, 2.24) is 9.29 Å². The molecule has 0 unspecified atom stereocenters. The molecular weight excluding hydrogens is 326 g/mol. The molecule has 1 heterocycles. The number of hydrogen-bond donors (Lipinski definition) is 0. The first-order chi connectivity index (χ1) is 10.2.